The highest BCUT2D eigenvalue weighted by Crippen LogP contribution is 2.53. The van der Waals surface area contributed by atoms with E-state index in [4.69, 9.17) is 48.9 Å². The summed E-state index contributed by atoms with van der Waals surface area (Å²) in [5.74, 6) is -1.07. The molecular formula is C26H35Cl3N2O4S3Si. The SMILES string of the molecule is CC(C)=C(C(=O)OCC(Cl)(Cl)Cl)N1C(=O)[C@@H](C(CCO[SiH](C)C)C(C)(C)C)[C@H]1SSc1nc2ccccc2s1. The van der Waals surface area contributed by atoms with Gasteiger partial charge in [0.2, 0.25) is 9.70 Å². The molecule has 2 heterocycles. The molecule has 39 heavy (non-hydrogen) atoms. The predicted octanol–water partition coefficient (Wildman–Crippen LogP) is 8.08. The smallest absolute Gasteiger partial charge is 0.355 e. The Morgan fingerprint density at radius 3 is 2.44 bits per heavy atom. The Balaban J connectivity index is 1.92. The van der Waals surface area contributed by atoms with E-state index in [2.05, 4.69) is 33.9 Å². The number of aromatic nitrogens is 1. The van der Waals surface area contributed by atoms with E-state index in [1.54, 1.807) is 30.1 Å². The molecule has 0 N–H and O–H groups in total. The van der Waals surface area contributed by atoms with Gasteiger partial charge in [-0.2, -0.15) is 0 Å². The standard InChI is InChI=1S/C26H35Cl3N2O4S3Si/c1-15(2)20(23(33)34-14-26(27,28)29)31-21(32)19(16(25(3,4)5)12-13-35-39(6)7)22(31)37-38-24-30-17-10-8-9-11-18(17)36-24/h8-11,16,19,22,39H,12-14H2,1-7H3/t16?,19-,22-/m1/s1. The number of benzene rings is 1. The number of fused-ring (bicyclic) bond motifs is 1. The minimum Gasteiger partial charge on any atom is -0.456 e. The van der Waals surface area contributed by atoms with E-state index in [1.165, 1.54) is 21.6 Å². The minimum atomic E-state index is -1.75. The summed E-state index contributed by atoms with van der Waals surface area (Å²) < 4.78 is 11.6. The van der Waals surface area contributed by atoms with Gasteiger partial charge in [-0.25, -0.2) is 9.78 Å². The van der Waals surface area contributed by atoms with Gasteiger partial charge in [0.25, 0.3) is 0 Å². The van der Waals surface area contributed by atoms with Crippen LogP contribution in [0.2, 0.25) is 13.1 Å². The lowest BCUT2D eigenvalue weighted by atomic mass is 9.68. The number of likely N-dealkylation sites (tertiary alicyclic amines) is 1. The molecule has 0 aliphatic carbocycles. The number of halogens is 3. The molecule has 1 aromatic heterocycles. The Labute approximate surface area is 259 Å². The van der Waals surface area contributed by atoms with Crippen molar-refractivity contribution in [3.8, 4) is 0 Å². The van der Waals surface area contributed by atoms with Crippen molar-refractivity contribution in [2.45, 2.75) is 67.6 Å². The van der Waals surface area contributed by atoms with Gasteiger partial charge in [0.15, 0.2) is 13.4 Å². The fourth-order valence-corrected chi connectivity index (χ4v) is 9.36. The molecular weight excluding hydrogens is 635 g/mol. The van der Waals surface area contributed by atoms with Gasteiger partial charge in [-0.1, -0.05) is 78.5 Å². The van der Waals surface area contributed by atoms with Crippen LogP contribution in [0.3, 0.4) is 0 Å². The number of para-hydroxylation sites is 1. The highest BCUT2D eigenvalue weighted by Gasteiger charge is 2.56. The molecule has 1 aliphatic rings. The molecule has 216 valence electrons. The fourth-order valence-electron chi connectivity index (χ4n) is 4.52. The summed E-state index contributed by atoms with van der Waals surface area (Å²) in [6.07, 6.45) is 0.754. The van der Waals surface area contributed by atoms with Gasteiger partial charge in [0.05, 0.1) is 16.1 Å². The molecule has 3 atom stereocenters. The summed E-state index contributed by atoms with van der Waals surface area (Å²) in [6, 6.07) is 7.98. The van der Waals surface area contributed by atoms with Crippen LogP contribution >= 0.6 is 67.7 Å². The lowest BCUT2D eigenvalue weighted by Gasteiger charge is -2.52. The molecule has 1 amide bonds. The molecule has 2 aromatic rings. The van der Waals surface area contributed by atoms with Gasteiger partial charge in [-0.3, -0.25) is 9.69 Å². The van der Waals surface area contributed by atoms with Crippen LogP contribution in [-0.4, -0.2) is 53.2 Å². The summed E-state index contributed by atoms with van der Waals surface area (Å²) in [6.45, 7) is 14.5. The molecule has 1 saturated heterocycles. The largest absolute Gasteiger partial charge is 0.456 e. The van der Waals surface area contributed by atoms with Crippen molar-refractivity contribution in [1.29, 1.82) is 0 Å². The maximum Gasteiger partial charge on any atom is 0.355 e. The molecule has 13 heteroatoms. The average Bonchev–Trinajstić information content (AvgIpc) is 3.23. The van der Waals surface area contributed by atoms with E-state index in [0.29, 0.717) is 12.2 Å². The molecule has 6 nitrogen and oxygen atoms in total. The zero-order valence-electron chi connectivity index (χ0n) is 23.1. The fraction of sp³-hybridized carbons (Fsp3) is 0.577. The van der Waals surface area contributed by atoms with Crippen LogP contribution in [0.15, 0.2) is 39.9 Å². The van der Waals surface area contributed by atoms with E-state index in [1.807, 2.05) is 24.3 Å². The number of hydrogen-bond acceptors (Lipinski definition) is 8. The van der Waals surface area contributed by atoms with E-state index in [0.717, 1.165) is 21.0 Å². The Morgan fingerprint density at radius 2 is 1.87 bits per heavy atom. The Bertz CT molecular complexity index is 1180. The number of hydrogen-bond donors (Lipinski definition) is 0. The summed E-state index contributed by atoms with van der Waals surface area (Å²) in [5, 5.41) is -0.319. The second-order valence-electron chi connectivity index (χ2n) is 11.0. The third-order valence-electron chi connectivity index (χ3n) is 6.28. The highest BCUT2D eigenvalue weighted by molar-refractivity contribution is 8.77. The maximum absolute atomic E-state index is 13.9. The zero-order chi connectivity index (χ0) is 29.1. The Morgan fingerprint density at radius 1 is 1.21 bits per heavy atom. The number of nitrogens with zero attached hydrogens (tertiary/aromatic N) is 2. The van der Waals surface area contributed by atoms with E-state index < -0.39 is 25.4 Å². The molecule has 0 spiro atoms. The normalized spacial score (nSPS) is 18.8. The van der Waals surface area contributed by atoms with Crippen LogP contribution < -0.4 is 0 Å². The van der Waals surface area contributed by atoms with E-state index in [-0.39, 0.29) is 34.2 Å². The van der Waals surface area contributed by atoms with Crippen LogP contribution in [-0.2, 0) is 18.8 Å². The first-order valence-electron chi connectivity index (χ1n) is 12.6. The van der Waals surface area contributed by atoms with Crippen molar-refractivity contribution >= 4 is 98.9 Å². The second-order valence-corrected chi connectivity index (χ2v) is 19.5. The quantitative estimate of drug-likeness (QED) is 0.0598. The van der Waals surface area contributed by atoms with Crippen molar-refractivity contribution in [2.75, 3.05) is 13.2 Å². The summed E-state index contributed by atoms with van der Waals surface area (Å²) in [5.41, 5.74) is 1.61. The molecule has 0 radical (unpaired) electrons. The molecule has 1 aliphatic heterocycles. The number of alkyl halides is 3. The van der Waals surface area contributed by atoms with Crippen molar-refractivity contribution in [2.24, 2.45) is 17.3 Å². The summed E-state index contributed by atoms with van der Waals surface area (Å²) in [4.78, 5) is 33.4. The first-order valence-corrected chi connectivity index (χ1v) is 19.6. The number of carbonyl (C=O) groups excluding carboxylic acids is 2. The van der Waals surface area contributed by atoms with Crippen LogP contribution in [0, 0.1) is 17.3 Å². The summed E-state index contributed by atoms with van der Waals surface area (Å²) >= 11 is 19.1. The molecule has 1 aromatic carbocycles. The van der Waals surface area contributed by atoms with Crippen molar-refractivity contribution in [1.82, 2.24) is 9.88 Å². The summed E-state index contributed by atoms with van der Waals surface area (Å²) in [7, 11) is 1.87. The van der Waals surface area contributed by atoms with E-state index >= 15 is 0 Å². The molecule has 0 saturated carbocycles. The van der Waals surface area contributed by atoms with Crippen LogP contribution in [0.1, 0.15) is 41.0 Å². The number of allylic oxidation sites excluding steroid dienone is 1. The first kappa shape index (κ1) is 33.0. The lowest BCUT2D eigenvalue weighted by Crippen LogP contribution is -2.63. The number of rotatable bonds is 11. The molecule has 3 rings (SSSR count). The van der Waals surface area contributed by atoms with Crippen LogP contribution in [0.25, 0.3) is 10.2 Å². The third-order valence-corrected chi connectivity index (χ3v) is 11.5. The second kappa shape index (κ2) is 13.7. The Hall–Kier alpha value is -0.463. The van der Waals surface area contributed by atoms with Crippen molar-refractivity contribution in [3.05, 3.63) is 35.5 Å². The van der Waals surface area contributed by atoms with Gasteiger partial charge in [0.1, 0.15) is 17.7 Å². The van der Waals surface area contributed by atoms with Gasteiger partial charge < -0.3 is 9.16 Å². The highest BCUT2D eigenvalue weighted by atomic mass is 35.6. The number of β-lactam (4-membered cyclic amide) rings is 1. The molecule has 1 fully saturated rings. The van der Waals surface area contributed by atoms with Gasteiger partial charge in [-0.15, -0.1) is 11.3 Å². The number of ether oxygens (including phenoxy) is 1. The number of esters is 1. The zero-order valence-corrected chi connectivity index (χ0v) is 29.0. The topological polar surface area (TPSA) is 68.7 Å². The van der Waals surface area contributed by atoms with Gasteiger partial charge in [-0.05, 0) is 73.2 Å². The van der Waals surface area contributed by atoms with E-state index in [9.17, 15) is 9.59 Å². The first-order chi connectivity index (χ1) is 18.1. The monoisotopic (exact) mass is 668 g/mol. The maximum atomic E-state index is 13.9. The van der Waals surface area contributed by atoms with Gasteiger partial charge in [0, 0.05) is 6.61 Å². The van der Waals surface area contributed by atoms with Crippen molar-refractivity contribution in [3.63, 3.8) is 0 Å². The lowest BCUT2D eigenvalue weighted by molar-refractivity contribution is -0.159. The average molecular weight is 670 g/mol. The number of thiazole rings is 1. The van der Waals surface area contributed by atoms with Crippen LogP contribution in [0.5, 0.6) is 0 Å². The number of carbonyl (C=O) groups is 2. The third kappa shape index (κ3) is 8.77. The Kier molecular flexibility index (Phi) is 11.6. The van der Waals surface area contributed by atoms with Gasteiger partial charge >= 0.3 is 5.97 Å². The number of amides is 1. The van der Waals surface area contributed by atoms with Crippen molar-refractivity contribution < 1.29 is 18.8 Å². The predicted molar refractivity (Wildman–Crippen MR) is 169 cm³/mol. The molecule has 0 bridgehead atoms. The molecule has 1 unspecified atom stereocenters. The van der Waals surface area contributed by atoms with Crippen LogP contribution in [0.4, 0.5) is 0 Å². The minimum absolute atomic E-state index is 0.0399.